The smallest absolute Gasteiger partial charge is 0.297 e. The molecule has 1 aromatic heterocycles. The van der Waals surface area contributed by atoms with Crippen LogP contribution in [0.5, 0.6) is 0 Å². The minimum absolute atomic E-state index is 0.646. The number of benzene rings is 1. The van der Waals surface area contributed by atoms with Gasteiger partial charge >= 0.3 is 0 Å². The van der Waals surface area contributed by atoms with Crippen molar-refractivity contribution in [2.45, 2.75) is 0 Å². The van der Waals surface area contributed by atoms with E-state index in [4.69, 9.17) is 9.15 Å². The zero-order valence-electron chi connectivity index (χ0n) is 13.5. The van der Waals surface area contributed by atoms with Gasteiger partial charge in [0.05, 0.1) is 13.2 Å². The second-order valence-electron chi connectivity index (χ2n) is 6.00. The van der Waals surface area contributed by atoms with Crippen molar-refractivity contribution >= 4 is 22.5 Å². The summed E-state index contributed by atoms with van der Waals surface area (Å²) in [4.78, 5) is 9.00. The molecule has 3 heterocycles. The molecular weight excluding hydrogens is 326 g/mol. The van der Waals surface area contributed by atoms with Crippen LogP contribution in [-0.4, -0.2) is 60.1 Å². The third kappa shape index (κ3) is 3.32. The molecule has 0 N–H and O–H groups in total. The topological polar surface area (TPSA) is 58.8 Å². The summed E-state index contributed by atoms with van der Waals surface area (Å²) >= 11 is 0. The van der Waals surface area contributed by atoms with E-state index >= 15 is 0 Å². The molecule has 7 heteroatoms. The van der Waals surface area contributed by atoms with Gasteiger partial charge in [0.25, 0.3) is 6.01 Å². The van der Waals surface area contributed by atoms with Gasteiger partial charge in [-0.2, -0.15) is 4.98 Å². The van der Waals surface area contributed by atoms with Crippen molar-refractivity contribution < 1.29 is 13.4 Å². The molecule has 0 spiro atoms. The molecule has 2 aliphatic heterocycles. The van der Waals surface area contributed by atoms with Gasteiger partial charge in [-0.25, -0.2) is 0 Å². The standard InChI is InChI=1S/C17H21N3O3S/c21-24-11-7-19(8-12-24)15-3-1-14(2-4-15)16-13-23-17(18-16)20-5-9-22-10-6-20/h1-4,13H,5-12H2. The van der Waals surface area contributed by atoms with Gasteiger partial charge < -0.3 is 19.0 Å². The highest BCUT2D eigenvalue weighted by molar-refractivity contribution is 7.85. The van der Waals surface area contributed by atoms with E-state index in [0.717, 1.165) is 48.9 Å². The molecule has 2 saturated heterocycles. The zero-order valence-corrected chi connectivity index (χ0v) is 14.3. The summed E-state index contributed by atoms with van der Waals surface area (Å²) in [6.07, 6.45) is 1.71. The molecule has 24 heavy (non-hydrogen) atoms. The summed E-state index contributed by atoms with van der Waals surface area (Å²) in [6, 6.07) is 9.01. The van der Waals surface area contributed by atoms with E-state index in [2.05, 4.69) is 39.0 Å². The molecular formula is C17H21N3O3S. The first-order chi connectivity index (χ1) is 11.8. The minimum Gasteiger partial charge on any atom is -0.431 e. The number of ether oxygens (including phenoxy) is 1. The van der Waals surface area contributed by atoms with Crippen LogP contribution in [0.2, 0.25) is 0 Å². The summed E-state index contributed by atoms with van der Waals surface area (Å²) in [7, 11) is -0.646. The number of morpholine rings is 1. The van der Waals surface area contributed by atoms with Gasteiger partial charge in [0.1, 0.15) is 12.0 Å². The van der Waals surface area contributed by atoms with Gasteiger partial charge in [0.2, 0.25) is 0 Å². The highest BCUT2D eigenvalue weighted by Crippen LogP contribution is 2.26. The van der Waals surface area contributed by atoms with Crippen LogP contribution in [0, 0.1) is 0 Å². The number of rotatable bonds is 3. The Kier molecular flexibility index (Phi) is 4.53. The first kappa shape index (κ1) is 15.7. The molecule has 0 bridgehead atoms. The van der Waals surface area contributed by atoms with Crippen molar-refractivity contribution in [2.75, 3.05) is 60.7 Å². The predicted octanol–water partition coefficient (Wildman–Crippen LogP) is 1.75. The van der Waals surface area contributed by atoms with Crippen LogP contribution < -0.4 is 9.80 Å². The maximum atomic E-state index is 11.5. The van der Waals surface area contributed by atoms with Gasteiger partial charge in [-0.3, -0.25) is 4.21 Å². The van der Waals surface area contributed by atoms with E-state index in [0.29, 0.717) is 19.2 Å². The Morgan fingerprint density at radius 1 is 0.958 bits per heavy atom. The summed E-state index contributed by atoms with van der Waals surface area (Å²) < 4.78 is 22.5. The number of aromatic nitrogens is 1. The van der Waals surface area contributed by atoms with Gasteiger partial charge in [0.15, 0.2) is 0 Å². The predicted molar refractivity (Wildman–Crippen MR) is 95.1 cm³/mol. The van der Waals surface area contributed by atoms with Crippen LogP contribution >= 0.6 is 0 Å². The summed E-state index contributed by atoms with van der Waals surface area (Å²) in [5.41, 5.74) is 3.07. The highest BCUT2D eigenvalue weighted by Gasteiger charge is 2.18. The molecule has 0 amide bonds. The van der Waals surface area contributed by atoms with E-state index < -0.39 is 10.8 Å². The fourth-order valence-corrected chi connectivity index (χ4v) is 4.09. The molecule has 0 radical (unpaired) electrons. The van der Waals surface area contributed by atoms with Crippen molar-refractivity contribution in [1.82, 2.24) is 4.98 Å². The van der Waals surface area contributed by atoms with E-state index in [-0.39, 0.29) is 0 Å². The van der Waals surface area contributed by atoms with Gasteiger partial charge in [-0.05, 0) is 12.1 Å². The number of hydrogen-bond donors (Lipinski definition) is 0. The Morgan fingerprint density at radius 2 is 1.67 bits per heavy atom. The fourth-order valence-electron chi connectivity index (χ4n) is 3.04. The first-order valence-electron chi connectivity index (χ1n) is 8.28. The third-order valence-electron chi connectivity index (χ3n) is 4.48. The average Bonchev–Trinajstić information content (AvgIpc) is 3.13. The normalized spacial score (nSPS) is 19.7. The van der Waals surface area contributed by atoms with Crippen molar-refractivity contribution in [2.24, 2.45) is 0 Å². The molecule has 2 aliphatic rings. The molecule has 2 fully saturated rings. The van der Waals surface area contributed by atoms with Crippen LogP contribution in [0.15, 0.2) is 34.9 Å². The lowest BCUT2D eigenvalue weighted by Gasteiger charge is -2.28. The van der Waals surface area contributed by atoms with Crippen molar-refractivity contribution in [3.8, 4) is 11.3 Å². The second kappa shape index (κ2) is 6.94. The Morgan fingerprint density at radius 3 is 2.38 bits per heavy atom. The number of oxazole rings is 1. The monoisotopic (exact) mass is 347 g/mol. The zero-order chi connectivity index (χ0) is 16.4. The lowest BCUT2D eigenvalue weighted by molar-refractivity contribution is 0.120. The largest absolute Gasteiger partial charge is 0.431 e. The molecule has 0 atom stereocenters. The quantitative estimate of drug-likeness (QED) is 0.843. The summed E-state index contributed by atoms with van der Waals surface area (Å²) in [6.45, 7) is 4.78. The van der Waals surface area contributed by atoms with Crippen LogP contribution in [-0.2, 0) is 15.5 Å². The van der Waals surface area contributed by atoms with Crippen LogP contribution in [0.4, 0.5) is 11.7 Å². The molecule has 0 unspecified atom stereocenters. The maximum absolute atomic E-state index is 11.5. The van der Waals surface area contributed by atoms with Crippen molar-refractivity contribution in [3.05, 3.63) is 30.5 Å². The third-order valence-corrected chi connectivity index (χ3v) is 5.76. The number of anilines is 2. The van der Waals surface area contributed by atoms with E-state index in [1.807, 2.05) is 0 Å². The number of hydrogen-bond acceptors (Lipinski definition) is 6. The minimum atomic E-state index is -0.646. The maximum Gasteiger partial charge on any atom is 0.297 e. The van der Waals surface area contributed by atoms with Crippen LogP contribution in [0.1, 0.15) is 0 Å². The van der Waals surface area contributed by atoms with E-state index in [1.165, 1.54) is 5.69 Å². The molecule has 6 nitrogen and oxygen atoms in total. The van der Waals surface area contributed by atoms with Gasteiger partial charge in [0, 0.05) is 59.7 Å². The summed E-state index contributed by atoms with van der Waals surface area (Å²) in [5.74, 6) is 1.52. The fraction of sp³-hybridized carbons (Fsp3) is 0.471. The Labute approximate surface area is 143 Å². The van der Waals surface area contributed by atoms with Crippen LogP contribution in [0.3, 0.4) is 0 Å². The van der Waals surface area contributed by atoms with Crippen molar-refractivity contribution in [1.29, 1.82) is 0 Å². The molecule has 128 valence electrons. The Hall–Kier alpha value is -1.86. The first-order valence-corrected chi connectivity index (χ1v) is 9.77. The van der Waals surface area contributed by atoms with E-state index in [1.54, 1.807) is 6.26 Å². The Bertz CT molecular complexity index is 700. The van der Waals surface area contributed by atoms with Crippen molar-refractivity contribution in [3.63, 3.8) is 0 Å². The van der Waals surface area contributed by atoms with Crippen LogP contribution in [0.25, 0.3) is 11.3 Å². The second-order valence-corrected chi connectivity index (χ2v) is 7.69. The summed E-state index contributed by atoms with van der Waals surface area (Å²) in [5, 5.41) is 0. The molecule has 1 aromatic carbocycles. The lowest BCUT2D eigenvalue weighted by atomic mass is 10.1. The van der Waals surface area contributed by atoms with E-state index in [9.17, 15) is 4.21 Å². The molecule has 4 rings (SSSR count). The Balaban J connectivity index is 1.46. The lowest BCUT2D eigenvalue weighted by Crippen LogP contribution is -2.37. The van der Waals surface area contributed by atoms with Gasteiger partial charge in [-0.15, -0.1) is 0 Å². The SMILES string of the molecule is O=S1CCN(c2ccc(-c3coc(N4CCOCC4)n3)cc2)CC1. The van der Waals surface area contributed by atoms with Gasteiger partial charge in [-0.1, -0.05) is 12.1 Å². The molecule has 0 aliphatic carbocycles. The highest BCUT2D eigenvalue weighted by atomic mass is 32.2. The average molecular weight is 347 g/mol. The molecule has 0 saturated carbocycles. The molecule has 2 aromatic rings. The number of nitrogens with zero attached hydrogens (tertiary/aromatic N) is 3.